The largest absolute Gasteiger partial charge is 0.367 e. The Morgan fingerprint density at radius 1 is 1.31 bits per heavy atom. The summed E-state index contributed by atoms with van der Waals surface area (Å²) in [5.74, 6) is 1.60. The fourth-order valence-electron chi connectivity index (χ4n) is 2.28. The number of aromatic nitrogens is 2. The molecule has 1 aliphatic rings. The zero-order valence-corrected chi connectivity index (χ0v) is 10.6. The van der Waals surface area contributed by atoms with E-state index in [0.717, 1.165) is 11.4 Å². The Kier molecular flexibility index (Phi) is 3.64. The van der Waals surface area contributed by atoms with Crippen LogP contribution in [-0.2, 0) is 0 Å². The molecule has 0 bridgehead atoms. The molecular weight excluding hydrogens is 222 g/mol. The molecule has 0 spiro atoms. The minimum atomic E-state index is 0.526. The molecule has 0 saturated heterocycles. The van der Waals surface area contributed by atoms with Crippen molar-refractivity contribution in [3.8, 4) is 0 Å². The number of halogens is 1. The van der Waals surface area contributed by atoms with Crippen LogP contribution in [-0.4, -0.2) is 16.0 Å². The molecule has 1 aromatic heterocycles. The van der Waals surface area contributed by atoms with Gasteiger partial charge in [-0.1, -0.05) is 31.4 Å². The highest BCUT2D eigenvalue weighted by molar-refractivity contribution is 6.30. The molecule has 2 rings (SSSR count). The predicted molar refractivity (Wildman–Crippen MR) is 66.8 cm³/mol. The van der Waals surface area contributed by atoms with E-state index in [1.807, 2.05) is 6.92 Å². The second-order valence-electron chi connectivity index (χ2n) is 4.65. The maximum Gasteiger partial charge on any atom is 0.137 e. The molecule has 3 nitrogen and oxygen atoms in total. The summed E-state index contributed by atoms with van der Waals surface area (Å²) in [5.41, 5.74) is 0.946. The molecule has 1 aromatic rings. The van der Waals surface area contributed by atoms with Gasteiger partial charge in [0, 0.05) is 11.6 Å². The van der Waals surface area contributed by atoms with Crippen molar-refractivity contribution in [2.45, 2.75) is 45.6 Å². The topological polar surface area (TPSA) is 37.8 Å². The minimum Gasteiger partial charge on any atom is -0.367 e. The zero-order chi connectivity index (χ0) is 11.5. The van der Waals surface area contributed by atoms with Crippen LogP contribution in [0.2, 0.25) is 5.15 Å². The molecule has 1 heterocycles. The van der Waals surface area contributed by atoms with E-state index in [-0.39, 0.29) is 0 Å². The van der Waals surface area contributed by atoms with E-state index in [1.54, 1.807) is 0 Å². The quantitative estimate of drug-likeness (QED) is 0.804. The Balaban J connectivity index is 2.10. The lowest BCUT2D eigenvalue weighted by molar-refractivity contribution is 0.349. The predicted octanol–water partition coefficient (Wildman–Crippen LogP) is 3.43. The van der Waals surface area contributed by atoms with E-state index in [9.17, 15) is 0 Å². The summed E-state index contributed by atoms with van der Waals surface area (Å²) in [5, 5.41) is 4.05. The van der Waals surface area contributed by atoms with E-state index in [4.69, 9.17) is 11.6 Å². The van der Waals surface area contributed by atoms with Gasteiger partial charge in [0.15, 0.2) is 0 Å². The van der Waals surface area contributed by atoms with E-state index in [2.05, 4.69) is 22.2 Å². The Labute approximate surface area is 102 Å². The lowest BCUT2D eigenvalue weighted by Gasteiger charge is -2.30. The number of rotatable bonds is 2. The molecule has 2 unspecified atom stereocenters. The first-order valence-corrected chi connectivity index (χ1v) is 6.30. The third kappa shape index (κ3) is 2.46. The average Bonchev–Trinajstić information content (AvgIpc) is 2.28. The molecule has 0 radical (unpaired) electrons. The summed E-state index contributed by atoms with van der Waals surface area (Å²) in [6, 6.07) is 0.526. The number of nitrogens with one attached hydrogen (secondary N) is 1. The SMILES string of the molecule is Cc1c(Cl)ncnc1NC1CCCCC1C. The van der Waals surface area contributed by atoms with E-state index >= 15 is 0 Å². The highest BCUT2D eigenvalue weighted by Crippen LogP contribution is 2.28. The van der Waals surface area contributed by atoms with Crippen LogP contribution in [0.3, 0.4) is 0 Å². The Hall–Kier alpha value is -0.830. The number of hydrogen-bond donors (Lipinski definition) is 1. The van der Waals surface area contributed by atoms with Gasteiger partial charge in [-0.05, 0) is 25.7 Å². The molecule has 1 fully saturated rings. The standard InChI is InChI=1S/C12H18ClN3/c1-8-5-3-4-6-10(8)16-12-9(2)11(13)14-7-15-12/h7-8,10H,3-6H2,1-2H3,(H,14,15,16). The van der Waals surface area contributed by atoms with Crippen molar-refractivity contribution in [2.75, 3.05) is 5.32 Å². The van der Waals surface area contributed by atoms with Gasteiger partial charge >= 0.3 is 0 Å². The van der Waals surface area contributed by atoms with Crippen molar-refractivity contribution in [1.82, 2.24) is 9.97 Å². The molecule has 4 heteroatoms. The molecule has 0 aromatic carbocycles. The molecule has 2 atom stereocenters. The monoisotopic (exact) mass is 239 g/mol. The average molecular weight is 240 g/mol. The van der Waals surface area contributed by atoms with Crippen molar-refractivity contribution in [1.29, 1.82) is 0 Å². The van der Waals surface area contributed by atoms with E-state index < -0.39 is 0 Å². The Morgan fingerprint density at radius 2 is 2.06 bits per heavy atom. The smallest absolute Gasteiger partial charge is 0.137 e. The van der Waals surface area contributed by atoms with Crippen LogP contribution < -0.4 is 5.32 Å². The Morgan fingerprint density at radius 3 is 2.81 bits per heavy atom. The molecule has 1 saturated carbocycles. The van der Waals surface area contributed by atoms with Crippen molar-refractivity contribution in [3.05, 3.63) is 17.0 Å². The van der Waals surface area contributed by atoms with Gasteiger partial charge < -0.3 is 5.32 Å². The van der Waals surface area contributed by atoms with Crippen molar-refractivity contribution in [2.24, 2.45) is 5.92 Å². The first-order chi connectivity index (χ1) is 7.68. The molecular formula is C12H18ClN3. The van der Waals surface area contributed by atoms with Gasteiger partial charge in [-0.15, -0.1) is 0 Å². The first kappa shape index (κ1) is 11.6. The van der Waals surface area contributed by atoms with Crippen LogP contribution >= 0.6 is 11.6 Å². The maximum atomic E-state index is 5.98. The number of anilines is 1. The van der Waals surface area contributed by atoms with Crippen molar-refractivity contribution in [3.63, 3.8) is 0 Å². The van der Waals surface area contributed by atoms with Gasteiger partial charge in [-0.2, -0.15) is 0 Å². The molecule has 88 valence electrons. The summed E-state index contributed by atoms with van der Waals surface area (Å²) >= 11 is 5.98. The summed E-state index contributed by atoms with van der Waals surface area (Å²) in [4.78, 5) is 8.23. The summed E-state index contributed by atoms with van der Waals surface area (Å²) in [6.07, 6.45) is 6.70. The highest BCUT2D eigenvalue weighted by Gasteiger charge is 2.22. The lowest BCUT2D eigenvalue weighted by Crippen LogP contribution is -2.31. The molecule has 1 N–H and O–H groups in total. The van der Waals surface area contributed by atoms with Gasteiger partial charge in [0.2, 0.25) is 0 Å². The van der Waals surface area contributed by atoms with Crippen LogP contribution in [0.5, 0.6) is 0 Å². The normalized spacial score (nSPS) is 25.4. The van der Waals surface area contributed by atoms with Gasteiger partial charge in [-0.3, -0.25) is 0 Å². The van der Waals surface area contributed by atoms with Crippen LogP contribution in [0, 0.1) is 12.8 Å². The van der Waals surface area contributed by atoms with E-state index in [0.29, 0.717) is 17.1 Å². The summed E-state index contributed by atoms with van der Waals surface area (Å²) < 4.78 is 0. The second-order valence-corrected chi connectivity index (χ2v) is 5.01. The first-order valence-electron chi connectivity index (χ1n) is 5.92. The maximum absolute atomic E-state index is 5.98. The van der Waals surface area contributed by atoms with Crippen LogP contribution in [0.25, 0.3) is 0 Å². The highest BCUT2D eigenvalue weighted by atomic mass is 35.5. The fraction of sp³-hybridized carbons (Fsp3) is 0.667. The van der Waals surface area contributed by atoms with Crippen LogP contribution in [0.4, 0.5) is 5.82 Å². The second kappa shape index (κ2) is 5.00. The van der Waals surface area contributed by atoms with E-state index in [1.165, 1.54) is 32.0 Å². The van der Waals surface area contributed by atoms with Gasteiger partial charge in [0.1, 0.15) is 17.3 Å². The number of hydrogen-bond acceptors (Lipinski definition) is 3. The zero-order valence-electron chi connectivity index (χ0n) is 9.83. The summed E-state index contributed by atoms with van der Waals surface area (Å²) in [7, 11) is 0. The molecule has 0 amide bonds. The van der Waals surface area contributed by atoms with Gasteiger partial charge in [0.25, 0.3) is 0 Å². The van der Waals surface area contributed by atoms with Crippen molar-refractivity contribution >= 4 is 17.4 Å². The Bertz CT molecular complexity index is 367. The van der Waals surface area contributed by atoms with Gasteiger partial charge in [-0.25, -0.2) is 9.97 Å². The van der Waals surface area contributed by atoms with Crippen LogP contribution in [0.15, 0.2) is 6.33 Å². The third-order valence-corrected chi connectivity index (χ3v) is 3.84. The lowest BCUT2D eigenvalue weighted by atomic mass is 9.86. The van der Waals surface area contributed by atoms with Crippen LogP contribution in [0.1, 0.15) is 38.2 Å². The fourth-order valence-corrected chi connectivity index (χ4v) is 2.41. The van der Waals surface area contributed by atoms with Crippen molar-refractivity contribution < 1.29 is 0 Å². The summed E-state index contributed by atoms with van der Waals surface area (Å²) in [6.45, 7) is 4.26. The minimum absolute atomic E-state index is 0.526. The molecule has 0 aliphatic heterocycles. The van der Waals surface area contributed by atoms with Gasteiger partial charge in [0.05, 0.1) is 0 Å². The molecule has 16 heavy (non-hydrogen) atoms. The molecule has 1 aliphatic carbocycles. The number of nitrogens with zero attached hydrogens (tertiary/aromatic N) is 2. The third-order valence-electron chi connectivity index (χ3n) is 3.46.